The largest absolute Gasteiger partial charge is 0.383 e. The smallest absolute Gasteiger partial charge is 0.0964 e. The van der Waals surface area contributed by atoms with E-state index < -0.39 is 0 Å². The number of hydrogen-bond acceptors (Lipinski definition) is 5. The minimum Gasteiger partial charge on any atom is -0.383 e. The molecule has 6 nitrogen and oxygen atoms in total. The van der Waals surface area contributed by atoms with Crippen LogP contribution < -0.4 is 5.32 Å². The minimum atomic E-state index is 0.770. The van der Waals surface area contributed by atoms with E-state index in [4.69, 9.17) is 4.74 Å². The van der Waals surface area contributed by atoms with E-state index in [0.29, 0.717) is 0 Å². The van der Waals surface area contributed by atoms with Crippen LogP contribution in [0.1, 0.15) is 5.69 Å². The molecule has 1 rings (SSSR count). The Bertz CT molecular complexity index is 288. The summed E-state index contributed by atoms with van der Waals surface area (Å²) in [6.07, 6.45) is 1.92. The fourth-order valence-electron chi connectivity index (χ4n) is 1.32. The summed E-state index contributed by atoms with van der Waals surface area (Å²) < 4.78 is 6.72. The number of likely N-dealkylation sites (N-methyl/N-ethyl adjacent to an activating group) is 1. The average molecular weight is 227 g/mol. The van der Waals surface area contributed by atoms with E-state index in [2.05, 4.69) is 27.6 Å². The maximum Gasteiger partial charge on any atom is 0.0964 e. The van der Waals surface area contributed by atoms with Gasteiger partial charge in [-0.15, -0.1) is 5.10 Å². The van der Waals surface area contributed by atoms with Crippen molar-refractivity contribution in [2.75, 3.05) is 40.4 Å². The molecular formula is C10H21N5O. The molecule has 1 aromatic heterocycles. The van der Waals surface area contributed by atoms with E-state index in [-0.39, 0.29) is 0 Å². The van der Waals surface area contributed by atoms with Crippen LogP contribution in [0.25, 0.3) is 0 Å². The summed E-state index contributed by atoms with van der Waals surface area (Å²) in [5.41, 5.74) is 0.974. The van der Waals surface area contributed by atoms with Crippen LogP contribution in [-0.2, 0) is 18.3 Å². The van der Waals surface area contributed by atoms with Crippen molar-refractivity contribution in [1.29, 1.82) is 0 Å². The Morgan fingerprint density at radius 2 is 2.31 bits per heavy atom. The van der Waals surface area contributed by atoms with Crippen molar-refractivity contribution in [2.45, 2.75) is 6.54 Å². The second-order valence-electron chi connectivity index (χ2n) is 3.86. The molecule has 1 aromatic rings. The highest BCUT2D eigenvalue weighted by molar-refractivity contribution is 4.90. The maximum absolute atomic E-state index is 5.01. The third kappa shape index (κ3) is 5.20. The molecule has 92 valence electrons. The standard InChI is InChI=1S/C10H21N5O/c1-14(6-7-16-3)5-4-11-8-10-9-15(2)13-12-10/h9,11H,4-8H2,1-3H3. The van der Waals surface area contributed by atoms with Gasteiger partial charge >= 0.3 is 0 Å². The van der Waals surface area contributed by atoms with Crippen LogP contribution in [0.15, 0.2) is 6.20 Å². The Balaban J connectivity index is 2.03. The number of aryl methyl sites for hydroxylation is 1. The summed E-state index contributed by atoms with van der Waals surface area (Å²) in [4.78, 5) is 2.23. The number of methoxy groups -OCH3 is 1. The molecule has 0 bridgehead atoms. The lowest BCUT2D eigenvalue weighted by Gasteiger charge is -2.15. The summed E-state index contributed by atoms with van der Waals surface area (Å²) in [7, 11) is 5.68. The van der Waals surface area contributed by atoms with Gasteiger partial charge in [0.2, 0.25) is 0 Å². The monoisotopic (exact) mass is 227 g/mol. The van der Waals surface area contributed by atoms with E-state index in [1.54, 1.807) is 11.8 Å². The highest BCUT2D eigenvalue weighted by Crippen LogP contribution is 1.89. The topological polar surface area (TPSA) is 55.2 Å². The normalized spacial score (nSPS) is 11.2. The molecule has 1 heterocycles. The highest BCUT2D eigenvalue weighted by atomic mass is 16.5. The van der Waals surface area contributed by atoms with Crippen molar-refractivity contribution >= 4 is 0 Å². The number of aromatic nitrogens is 3. The Morgan fingerprint density at radius 3 is 2.94 bits per heavy atom. The van der Waals surface area contributed by atoms with Crippen LogP contribution in [0, 0.1) is 0 Å². The molecule has 6 heteroatoms. The zero-order valence-electron chi connectivity index (χ0n) is 10.3. The second kappa shape index (κ2) is 7.32. The number of ether oxygens (including phenoxy) is 1. The summed E-state index contributed by atoms with van der Waals surface area (Å²) in [6, 6.07) is 0. The number of hydrogen-bond donors (Lipinski definition) is 1. The number of rotatable bonds is 8. The van der Waals surface area contributed by atoms with E-state index >= 15 is 0 Å². The van der Waals surface area contributed by atoms with Crippen LogP contribution in [0.3, 0.4) is 0 Å². The third-order valence-electron chi connectivity index (χ3n) is 2.30. The minimum absolute atomic E-state index is 0.770. The van der Waals surface area contributed by atoms with Gasteiger partial charge in [-0.2, -0.15) is 0 Å². The van der Waals surface area contributed by atoms with Crippen molar-refractivity contribution < 1.29 is 4.74 Å². The van der Waals surface area contributed by atoms with E-state index in [1.807, 2.05) is 13.2 Å². The molecule has 1 N–H and O–H groups in total. The van der Waals surface area contributed by atoms with Crippen molar-refractivity contribution in [3.05, 3.63) is 11.9 Å². The van der Waals surface area contributed by atoms with E-state index in [0.717, 1.165) is 38.5 Å². The van der Waals surface area contributed by atoms with Gasteiger partial charge in [-0.1, -0.05) is 5.21 Å². The molecule has 0 fully saturated rings. The fourth-order valence-corrected chi connectivity index (χ4v) is 1.32. The molecule has 0 aromatic carbocycles. The summed E-state index contributed by atoms with van der Waals surface area (Å²) in [5, 5.41) is 11.2. The lowest BCUT2D eigenvalue weighted by molar-refractivity contribution is 0.161. The first kappa shape index (κ1) is 13.1. The Hall–Kier alpha value is -0.980. The molecule has 0 aliphatic heterocycles. The fraction of sp³-hybridized carbons (Fsp3) is 0.800. The average Bonchev–Trinajstić information content (AvgIpc) is 2.67. The lowest BCUT2D eigenvalue weighted by atomic mass is 10.4. The van der Waals surface area contributed by atoms with Crippen molar-refractivity contribution in [3.8, 4) is 0 Å². The molecular weight excluding hydrogens is 206 g/mol. The molecule has 0 saturated heterocycles. The van der Waals surface area contributed by atoms with Crippen LogP contribution >= 0.6 is 0 Å². The van der Waals surface area contributed by atoms with Crippen LogP contribution in [-0.4, -0.2) is 60.3 Å². The molecule has 0 aliphatic carbocycles. The third-order valence-corrected chi connectivity index (χ3v) is 2.30. The van der Waals surface area contributed by atoms with Gasteiger partial charge in [0.25, 0.3) is 0 Å². The zero-order chi connectivity index (χ0) is 11.8. The molecule has 0 radical (unpaired) electrons. The van der Waals surface area contributed by atoms with E-state index in [1.165, 1.54) is 0 Å². The van der Waals surface area contributed by atoms with Crippen LogP contribution in [0.4, 0.5) is 0 Å². The molecule has 0 spiro atoms. The first-order chi connectivity index (χ1) is 7.72. The molecule has 0 atom stereocenters. The van der Waals surface area contributed by atoms with Gasteiger partial charge in [0.1, 0.15) is 0 Å². The quantitative estimate of drug-likeness (QED) is 0.606. The van der Waals surface area contributed by atoms with Gasteiger partial charge in [0.05, 0.1) is 12.3 Å². The molecule has 0 amide bonds. The van der Waals surface area contributed by atoms with Crippen LogP contribution in [0.2, 0.25) is 0 Å². The molecule has 0 aliphatic rings. The van der Waals surface area contributed by atoms with Gasteiger partial charge in [0, 0.05) is 46.5 Å². The second-order valence-corrected chi connectivity index (χ2v) is 3.86. The van der Waals surface area contributed by atoms with Crippen molar-refractivity contribution in [3.63, 3.8) is 0 Å². The summed E-state index contributed by atoms with van der Waals surface area (Å²) in [6.45, 7) is 4.45. The van der Waals surface area contributed by atoms with Crippen LogP contribution in [0.5, 0.6) is 0 Å². The SMILES string of the molecule is COCCN(C)CCNCc1cn(C)nn1. The number of nitrogens with zero attached hydrogens (tertiary/aromatic N) is 4. The Labute approximate surface area is 96.6 Å². The van der Waals surface area contributed by atoms with Gasteiger partial charge in [-0.25, -0.2) is 0 Å². The zero-order valence-corrected chi connectivity index (χ0v) is 10.3. The molecule has 0 saturated carbocycles. The highest BCUT2D eigenvalue weighted by Gasteiger charge is 1.99. The maximum atomic E-state index is 5.01. The first-order valence-electron chi connectivity index (χ1n) is 5.45. The predicted molar refractivity (Wildman–Crippen MR) is 62.1 cm³/mol. The molecule has 0 unspecified atom stereocenters. The van der Waals surface area contributed by atoms with Gasteiger partial charge in [-0.3, -0.25) is 4.68 Å². The van der Waals surface area contributed by atoms with Gasteiger partial charge in [0.15, 0.2) is 0 Å². The summed E-state index contributed by atoms with van der Waals surface area (Å²) >= 11 is 0. The Morgan fingerprint density at radius 1 is 1.50 bits per heavy atom. The van der Waals surface area contributed by atoms with Crippen molar-refractivity contribution in [1.82, 2.24) is 25.2 Å². The first-order valence-corrected chi connectivity index (χ1v) is 5.45. The van der Waals surface area contributed by atoms with Gasteiger partial charge in [-0.05, 0) is 7.05 Å². The molecule has 16 heavy (non-hydrogen) atoms. The van der Waals surface area contributed by atoms with Crippen molar-refractivity contribution in [2.24, 2.45) is 7.05 Å². The van der Waals surface area contributed by atoms with E-state index in [9.17, 15) is 0 Å². The Kier molecular flexibility index (Phi) is 5.99. The number of nitrogens with one attached hydrogen (secondary N) is 1. The van der Waals surface area contributed by atoms with Gasteiger partial charge < -0.3 is 15.0 Å². The lowest BCUT2D eigenvalue weighted by Crippen LogP contribution is -2.31. The summed E-state index contributed by atoms with van der Waals surface area (Å²) in [5.74, 6) is 0. The predicted octanol–water partition coefficient (Wildman–Crippen LogP) is -0.517.